The maximum Gasteiger partial charge on any atom is 0.219 e. The van der Waals surface area contributed by atoms with E-state index in [9.17, 15) is 4.79 Å². The minimum absolute atomic E-state index is 0.173. The second-order valence-electron chi connectivity index (χ2n) is 4.30. The summed E-state index contributed by atoms with van der Waals surface area (Å²) < 4.78 is 0. The fourth-order valence-electron chi connectivity index (χ4n) is 1.38. The van der Waals surface area contributed by atoms with Gasteiger partial charge in [0.05, 0.1) is 0 Å². The van der Waals surface area contributed by atoms with Crippen LogP contribution in [0.5, 0.6) is 0 Å². The molecule has 0 saturated carbocycles. The summed E-state index contributed by atoms with van der Waals surface area (Å²) in [5, 5.41) is 2.89. The molecule has 0 aromatic carbocycles. The number of carbonyl (C=O) groups excluding carboxylic acids is 1. The second-order valence-corrected chi connectivity index (χ2v) is 4.30. The standard InChI is InChI=1S/C12H25NO.C2H6/c1-4-12(14)13-10-8-6-5-7-9-11(2)3;1-2/h11H,4-10H2,1-3H3,(H,13,14);1-2H3. The van der Waals surface area contributed by atoms with E-state index in [1.807, 2.05) is 20.8 Å². The minimum atomic E-state index is 0.173. The van der Waals surface area contributed by atoms with E-state index in [-0.39, 0.29) is 5.91 Å². The molecule has 2 heteroatoms. The summed E-state index contributed by atoms with van der Waals surface area (Å²) in [5.41, 5.74) is 0. The van der Waals surface area contributed by atoms with E-state index in [0.717, 1.165) is 18.9 Å². The van der Waals surface area contributed by atoms with Gasteiger partial charge in [-0.05, 0) is 12.3 Å². The van der Waals surface area contributed by atoms with E-state index in [0.29, 0.717) is 6.42 Å². The summed E-state index contributed by atoms with van der Waals surface area (Å²) in [6, 6.07) is 0. The lowest BCUT2D eigenvalue weighted by Gasteiger charge is -2.05. The van der Waals surface area contributed by atoms with Crippen LogP contribution in [0.1, 0.15) is 73.1 Å². The van der Waals surface area contributed by atoms with E-state index in [2.05, 4.69) is 19.2 Å². The zero-order chi connectivity index (χ0) is 12.8. The maximum absolute atomic E-state index is 10.9. The zero-order valence-electron chi connectivity index (χ0n) is 11.9. The SMILES string of the molecule is CC.CCC(=O)NCCCCCCC(C)C. The summed E-state index contributed by atoms with van der Waals surface area (Å²) in [5.74, 6) is 1.00. The molecule has 0 aromatic rings. The topological polar surface area (TPSA) is 29.1 Å². The molecule has 16 heavy (non-hydrogen) atoms. The molecule has 1 N–H and O–H groups in total. The van der Waals surface area contributed by atoms with Gasteiger partial charge < -0.3 is 5.32 Å². The van der Waals surface area contributed by atoms with Crippen molar-refractivity contribution >= 4 is 5.91 Å². The Bertz CT molecular complexity index is 144. The highest BCUT2D eigenvalue weighted by atomic mass is 16.1. The maximum atomic E-state index is 10.9. The Labute approximate surface area is 102 Å². The molecular formula is C14H31NO. The van der Waals surface area contributed by atoms with Gasteiger partial charge in [-0.3, -0.25) is 4.79 Å². The van der Waals surface area contributed by atoms with Crippen molar-refractivity contribution in [3.63, 3.8) is 0 Å². The smallest absolute Gasteiger partial charge is 0.219 e. The van der Waals surface area contributed by atoms with E-state index < -0.39 is 0 Å². The second kappa shape index (κ2) is 14.5. The number of nitrogens with one attached hydrogen (secondary N) is 1. The van der Waals surface area contributed by atoms with Crippen LogP contribution in [0.15, 0.2) is 0 Å². The summed E-state index contributed by atoms with van der Waals surface area (Å²) in [4.78, 5) is 10.9. The summed E-state index contributed by atoms with van der Waals surface area (Å²) in [6.45, 7) is 11.3. The monoisotopic (exact) mass is 229 g/mol. The number of hydrogen-bond donors (Lipinski definition) is 1. The molecule has 0 aliphatic heterocycles. The number of amides is 1. The van der Waals surface area contributed by atoms with Gasteiger partial charge in [0, 0.05) is 13.0 Å². The highest BCUT2D eigenvalue weighted by Crippen LogP contribution is 2.08. The van der Waals surface area contributed by atoms with Crippen LogP contribution in [-0.4, -0.2) is 12.5 Å². The number of hydrogen-bond acceptors (Lipinski definition) is 1. The van der Waals surface area contributed by atoms with Crippen molar-refractivity contribution in [1.82, 2.24) is 5.32 Å². The molecule has 98 valence electrons. The third-order valence-electron chi connectivity index (χ3n) is 2.35. The highest BCUT2D eigenvalue weighted by molar-refractivity contribution is 5.75. The van der Waals surface area contributed by atoms with Crippen LogP contribution < -0.4 is 5.32 Å². The Morgan fingerprint density at radius 1 is 1.06 bits per heavy atom. The highest BCUT2D eigenvalue weighted by Gasteiger charge is 1.96. The third kappa shape index (κ3) is 15.9. The van der Waals surface area contributed by atoms with Gasteiger partial charge in [0.1, 0.15) is 0 Å². The first-order valence-electron chi connectivity index (χ1n) is 6.93. The first-order valence-corrected chi connectivity index (χ1v) is 6.93. The van der Waals surface area contributed by atoms with Gasteiger partial charge in [-0.15, -0.1) is 0 Å². The van der Waals surface area contributed by atoms with Gasteiger partial charge in [-0.25, -0.2) is 0 Å². The summed E-state index contributed by atoms with van der Waals surface area (Å²) in [7, 11) is 0. The first-order chi connectivity index (χ1) is 7.66. The molecule has 0 radical (unpaired) electrons. The van der Waals surface area contributed by atoms with Gasteiger partial charge in [0.15, 0.2) is 0 Å². The molecule has 0 aliphatic carbocycles. The van der Waals surface area contributed by atoms with Crippen molar-refractivity contribution in [2.24, 2.45) is 5.92 Å². The molecular weight excluding hydrogens is 198 g/mol. The molecule has 0 saturated heterocycles. The molecule has 0 bridgehead atoms. The molecule has 1 amide bonds. The Hall–Kier alpha value is -0.530. The Kier molecular flexibility index (Phi) is 16.1. The molecule has 0 heterocycles. The lowest BCUT2D eigenvalue weighted by atomic mass is 10.0. The lowest BCUT2D eigenvalue weighted by Crippen LogP contribution is -2.23. The van der Waals surface area contributed by atoms with Crippen molar-refractivity contribution in [3.8, 4) is 0 Å². The molecule has 0 fully saturated rings. The van der Waals surface area contributed by atoms with Crippen molar-refractivity contribution in [1.29, 1.82) is 0 Å². The van der Waals surface area contributed by atoms with Crippen molar-refractivity contribution in [2.45, 2.75) is 73.1 Å². The largest absolute Gasteiger partial charge is 0.356 e. The van der Waals surface area contributed by atoms with Crippen molar-refractivity contribution < 1.29 is 4.79 Å². The minimum Gasteiger partial charge on any atom is -0.356 e. The van der Waals surface area contributed by atoms with Gasteiger partial charge >= 0.3 is 0 Å². The Morgan fingerprint density at radius 3 is 2.12 bits per heavy atom. The summed E-state index contributed by atoms with van der Waals surface area (Å²) in [6.07, 6.45) is 6.95. The van der Waals surface area contributed by atoms with E-state index in [1.165, 1.54) is 25.7 Å². The normalized spacial score (nSPS) is 9.62. The predicted octanol–water partition coefficient (Wildman–Crippen LogP) is 4.15. The van der Waals surface area contributed by atoms with Gasteiger partial charge in [-0.2, -0.15) is 0 Å². The first kappa shape index (κ1) is 17.9. The average molecular weight is 229 g/mol. The molecule has 0 spiro atoms. The van der Waals surface area contributed by atoms with E-state index in [4.69, 9.17) is 0 Å². The Balaban J connectivity index is 0. The van der Waals surface area contributed by atoms with Crippen LogP contribution in [-0.2, 0) is 4.79 Å². The quantitative estimate of drug-likeness (QED) is 0.623. The summed E-state index contributed by atoms with van der Waals surface area (Å²) >= 11 is 0. The van der Waals surface area contributed by atoms with E-state index in [1.54, 1.807) is 0 Å². The molecule has 0 unspecified atom stereocenters. The zero-order valence-corrected chi connectivity index (χ0v) is 11.9. The van der Waals surface area contributed by atoms with Gasteiger partial charge in [-0.1, -0.05) is 60.3 Å². The van der Waals surface area contributed by atoms with Gasteiger partial charge in [0.2, 0.25) is 5.91 Å². The molecule has 0 rings (SSSR count). The van der Waals surface area contributed by atoms with Crippen molar-refractivity contribution in [2.75, 3.05) is 6.54 Å². The van der Waals surface area contributed by atoms with Crippen LogP contribution in [0.3, 0.4) is 0 Å². The van der Waals surface area contributed by atoms with Gasteiger partial charge in [0.25, 0.3) is 0 Å². The lowest BCUT2D eigenvalue weighted by molar-refractivity contribution is -0.120. The average Bonchev–Trinajstić information content (AvgIpc) is 2.29. The van der Waals surface area contributed by atoms with Crippen LogP contribution in [0, 0.1) is 5.92 Å². The number of carbonyl (C=O) groups is 1. The number of rotatable bonds is 8. The predicted molar refractivity (Wildman–Crippen MR) is 72.6 cm³/mol. The molecule has 0 aliphatic rings. The fourth-order valence-corrected chi connectivity index (χ4v) is 1.38. The van der Waals surface area contributed by atoms with Crippen molar-refractivity contribution in [3.05, 3.63) is 0 Å². The molecule has 0 atom stereocenters. The van der Waals surface area contributed by atoms with Crippen LogP contribution in [0.25, 0.3) is 0 Å². The molecule has 0 aromatic heterocycles. The molecule has 2 nitrogen and oxygen atoms in total. The third-order valence-corrected chi connectivity index (χ3v) is 2.35. The number of unbranched alkanes of at least 4 members (excludes halogenated alkanes) is 3. The Morgan fingerprint density at radius 2 is 1.62 bits per heavy atom. The fraction of sp³-hybridized carbons (Fsp3) is 0.929. The van der Waals surface area contributed by atoms with Crippen LogP contribution in [0.2, 0.25) is 0 Å². The van der Waals surface area contributed by atoms with Crippen LogP contribution >= 0.6 is 0 Å². The van der Waals surface area contributed by atoms with Crippen LogP contribution in [0.4, 0.5) is 0 Å². The van der Waals surface area contributed by atoms with E-state index >= 15 is 0 Å².